The highest BCUT2D eigenvalue weighted by atomic mass is 16.5. The van der Waals surface area contributed by atoms with Gasteiger partial charge in [0.1, 0.15) is 17.6 Å². The Labute approximate surface area is 147 Å². The van der Waals surface area contributed by atoms with E-state index in [0.29, 0.717) is 5.56 Å². The van der Waals surface area contributed by atoms with Crippen LogP contribution in [-0.4, -0.2) is 22.6 Å². The molecule has 5 heteroatoms. The Morgan fingerprint density at radius 3 is 2.36 bits per heavy atom. The maximum Gasteiger partial charge on any atom is 0.252 e. The van der Waals surface area contributed by atoms with Crippen LogP contribution in [0.25, 0.3) is 0 Å². The van der Waals surface area contributed by atoms with Crippen LogP contribution in [0.5, 0.6) is 5.75 Å². The third-order valence-electron chi connectivity index (χ3n) is 4.15. The molecule has 0 spiro atoms. The Morgan fingerprint density at radius 2 is 1.80 bits per heavy atom. The van der Waals surface area contributed by atoms with E-state index in [2.05, 4.69) is 10.3 Å². The second kappa shape index (κ2) is 7.21. The van der Waals surface area contributed by atoms with Crippen molar-refractivity contribution in [2.45, 2.75) is 13.0 Å². The molecule has 3 rings (SSSR count). The van der Waals surface area contributed by atoms with Crippen molar-refractivity contribution in [2.75, 3.05) is 7.11 Å². The number of rotatable bonds is 5. The van der Waals surface area contributed by atoms with Crippen LogP contribution in [0.1, 0.15) is 33.4 Å². The van der Waals surface area contributed by atoms with Crippen molar-refractivity contribution in [3.8, 4) is 5.75 Å². The van der Waals surface area contributed by atoms with E-state index in [1.165, 1.54) is 0 Å². The number of benzene rings is 2. The second-order valence-corrected chi connectivity index (χ2v) is 5.94. The summed E-state index contributed by atoms with van der Waals surface area (Å²) in [5, 5.41) is 3.09. The third-order valence-corrected chi connectivity index (χ3v) is 4.15. The van der Waals surface area contributed by atoms with Crippen molar-refractivity contribution in [3.63, 3.8) is 0 Å². The summed E-state index contributed by atoms with van der Waals surface area (Å²) in [6, 6.07) is 14.8. The van der Waals surface area contributed by atoms with E-state index >= 15 is 0 Å². The molecule has 1 heterocycles. The molecule has 5 nitrogen and oxygen atoms in total. The van der Waals surface area contributed by atoms with Crippen LogP contribution >= 0.6 is 0 Å². The van der Waals surface area contributed by atoms with E-state index in [9.17, 15) is 4.79 Å². The van der Waals surface area contributed by atoms with E-state index in [4.69, 9.17) is 4.74 Å². The summed E-state index contributed by atoms with van der Waals surface area (Å²) in [6.07, 6.45) is 3.59. The minimum absolute atomic E-state index is 0.135. The molecular weight excluding hydrogens is 314 g/mol. The van der Waals surface area contributed by atoms with Gasteiger partial charge in [-0.3, -0.25) is 4.79 Å². The van der Waals surface area contributed by atoms with Crippen molar-refractivity contribution in [1.82, 2.24) is 14.9 Å². The highest BCUT2D eigenvalue weighted by molar-refractivity contribution is 5.94. The molecule has 1 N–H and O–H groups in total. The molecule has 0 aliphatic rings. The first-order valence-electron chi connectivity index (χ1n) is 8.07. The summed E-state index contributed by atoms with van der Waals surface area (Å²) in [6.45, 7) is 2.00. The minimum atomic E-state index is -0.347. The second-order valence-electron chi connectivity index (χ2n) is 5.94. The first-order chi connectivity index (χ1) is 12.1. The number of carbonyl (C=O) groups excluding carboxylic acids is 1. The van der Waals surface area contributed by atoms with Crippen LogP contribution < -0.4 is 10.1 Å². The van der Waals surface area contributed by atoms with Gasteiger partial charge in [-0.2, -0.15) is 0 Å². The van der Waals surface area contributed by atoms with Crippen molar-refractivity contribution < 1.29 is 9.53 Å². The standard InChI is InChI=1S/C20H21N3O2/c1-14-4-6-16(7-5-14)20(24)22-18(19-21-12-13-23(19)2)15-8-10-17(25-3)11-9-15/h4-13,18H,1-3H3,(H,22,24). The lowest BCUT2D eigenvalue weighted by molar-refractivity contribution is 0.0941. The molecule has 0 bridgehead atoms. The zero-order valence-corrected chi connectivity index (χ0v) is 14.6. The van der Waals surface area contributed by atoms with E-state index < -0.39 is 0 Å². The summed E-state index contributed by atoms with van der Waals surface area (Å²) in [7, 11) is 3.54. The minimum Gasteiger partial charge on any atom is -0.497 e. The molecule has 25 heavy (non-hydrogen) atoms. The van der Waals surface area contributed by atoms with Gasteiger partial charge in [-0.25, -0.2) is 4.98 Å². The lowest BCUT2D eigenvalue weighted by Gasteiger charge is -2.19. The van der Waals surface area contributed by atoms with Crippen LogP contribution in [0.15, 0.2) is 60.9 Å². The van der Waals surface area contributed by atoms with Crippen molar-refractivity contribution >= 4 is 5.91 Å². The number of methoxy groups -OCH3 is 1. The number of amides is 1. The topological polar surface area (TPSA) is 56.1 Å². The largest absolute Gasteiger partial charge is 0.497 e. The van der Waals surface area contributed by atoms with Crippen LogP contribution in [0.2, 0.25) is 0 Å². The van der Waals surface area contributed by atoms with E-state index in [-0.39, 0.29) is 11.9 Å². The van der Waals surface area contributed by atoms with Crippen molar-refractivity contribution in [2.24, 2.45) is 7.05 Å². The van der Waals surface area contributed by atoms with Gasteiger partial charge in [0.2, 0.25) is 0 Å². The van der Waals surface area contributed by atoms with Gasteiger partial charge in [0.25, 0.3) is 5.91 Å². The molecule has 128 valence electrons. The predicted octanol–water partition coefficient (Wildman–Crippen LogP) is 3.26. The summed E-state index contributed by atoms with van der Waals surface area (Å²) in [4.78, 5) is 17.1. The highest BCUT2D eigenvalue weighted by Gasteiger charge is 2.21. The zero-order chi connectivity index (χ0) is 17.8. The Balaban J connectivity index is 1.92. The normalized spacial score (nSPS) is 11.8. The number of nitrogens with zero attached hydrogens (tertiary/aromatic N) is 2. The number of carbonyl (C=O) groups is 1. The first kappa shape index (κ1) is 16.8. The Morgan fingerprint density at radius 1 is 1.12 bits per heavy atom. The summed E-state index contributed by atoms with van der Waals surface area (Å²) in [5.41, 5.74) is 2.68. The SMILES string of the molecule is COc1ccc(C(NC(=O)c2ccc(C)cc2)c2nccn2C)cc1. The van der Waals surface area contributed by atoms with Gasteiger partial charge in [0.05, 0.1) is 7.11 Å². The quantitative estimate of drug-likeness (QED) is 0.779. The predicted molar refractivity (Wildman–Crippen MR) is 96.7 cm³/mol. The average molecular weight is 335 g/mol. The highest BCUT2D eigenvalue weighted by Crippen LogP contribution is 2.23. The number of aryl methyl sites for hydroxylation is 2. The van der Waals surface area contributed by atoms with Crippen LogP contribution in [-0.2, 0) is 7.05 Å². The fourth-order valence-corrected chi connectivity index (χ4v) is 2.67. The molecule has 1 unspecified atom stereocenters. The molecule has 1 amide bonds. The molecule has 0 saturated heterocycles. The Bertz CT molecular complexity index is 851. The number of imidazole rings is 1. The van der Waals surface area contributed by atoms with Crippen molar-refractivity contribution in [3.05, 3.63) is 83.4 Å². The lowest BCUT2D eigenvalue weighted by Crippen LogP contribution is -2.31. The smallest absolute Gasteiger partial charge is 0.252 e. The van der Waals surface area contributed by atoms with Gasteiger partial charge in [-0.15, -0.1) is 0 Å². The van der Waals surface area contributed by atoms with E-state index in [1.54, 1.807) is 13.3 Å². The maximum absolute atomic E-state index is 12.7. The van der Waals surface area contributed by atoms with Gasteiger partial charge in [0.15, 0.2) is 0 Å². The summed E-state index contributed by atoms with van der Waals surface area (Å²) in [5.74, 6) is 1.40. The first-order valence-corrected chi connectivity index (χ1v) is 8.07. The number of ether oxygens (including phenoxy) is 1. The lowest BCUT2D eigenvalue weighted by atomic mass is 10.0. The average Bonchev–Trinajstić information content (AvgIpc) is 3.06. The van der Waals surface area contributed by atoms with Gasteiger partial charge in [0, 0.05) is 25.0 Å². The molecule has 1 atom stereocenters. The molecular formula is C20H21N3O2. The molecule has 1 aromatic heterocycles. The fraction of sp³-hybridized carbons (Fsp3) is 0.200. The van der Waals surface area contributed by atoms with E-state index in [0.717, 1.165) is 22.7 Å². The van der Waals surface area contributed by atoms with Crippen LogP contribution in [0.4, 0.5) is 0 Å². The van der Waals surface area contributed by atoms with Crippen LogP contribution in [0, 0.1) is 6.92 Å². The van der Waals surface area contributed by atoms with E-state index in [1.807, 2.05) is 73.3 Å². The molecule has 0 radical (unpaired) electrons. The number of hydrogen-bond acceptors (Lipinski definition) is 3. The zero-order valence-electron chi connectivity index (χ0n) is 14.6. The van der Waals surface area contributed by atoms with Crippen molar-refractivity contribution in [1.29, 1.82) is 0 Å². The third kappa shape index (κ3) is 3.71. The van der Waals surface area contributed by atoms with Gasteiger partial charge >= 0.3 is 0 Å². The summed E-state index contributed by atoms with van der Waals surface area (Å²) >= 11 is 0. The Hall–Kier alpha value is -3.08. The molecule has 0 aliphatic heterocycles. The molecule has 3 aromatic rings. The molecule has 2 aromatic carbocycles. The number of nitrogens with one attached hydrogen (secondary N) is 1. The number of hydrogen-bond donors (Lipinski definition) is 1. The van der Waals surface area contributed by atoms with Gasteiger partial charge in [-0.05, 0) is 36.8 Å². The summed E-state index contributed by atoms with van der Waals surface area (Å²) < 4.78 is 7.12. The number of aromatic nitrogens is 2. The maximum atomic E-state index is 12.7. The Kier molecular flexibility index (Phi) is 4.84. The van der Waals surface area contributed by atoms with Gasteiger partial charge in [-0.1, -0.05) is 29.8 Å². The molecule has 0 aliphatic carbocycles. The molecule has 0 fully saturated rings. The fourth-order valence-electron chi connectivity index (χ4n) is 2.67. The monoisotopic (exact) mass is 335 g/mol. The van der Waals surface area contributed by atoms with Crippen LogP contribution in [0.3, 0.4) is 0 Å². The van der Waals surface area contributed by atoms with Gasteiger partial charge < -0.3 is 14.6 Å². The molecule has 0 saturated carbocycles.